The van der Waals surface area contributed by atoms with Gasteiger partial charge in [0, 0.05) is 22.8 Å². The van der Waals surface area contributed by atoms with E-state index in [1.165, 1.54) is 24.2 Å². The van der Waals surface area contributed by atoms with Crippen molar-refractivity contribution in [2.75, 3.05) is 4.90 Å². The molecular weight excluding hydrogens is 390 g/mol. The molecule has 2 aromatic rings. The Hall–Kier alpha value is -3.14. The summed E-state index contributed by atoms with van der Waals surface area (Å²) in [4.78, 5) is 26.5. The number of aromatic nitrogens is 1. The maximum Gasteiger partial charge on any atom is 0.301 e. The standard InChI is InChI=1S/C19H21N7O2S/c20-17-23-18(21)25(19(24-17)10-2-1-3-11-19)13-6-8-14(9-7-13)29-16-15(26(27)28)5-4-12-22-16/h4-9,12H,1-3,10-11H2,(H4,20,21,23,24). The van der Waals surface area contributed by atoms with Gasteiger partial charge < -0.3 is 11.5 Å². The van der Waals surface area contributed by atoms with E-state index in [0.29, 0.717) is 11.0 Å². The number of pyridine rings is 1. The number of rotatable bonds is 4. The summed E-state index contributed by atoms with van der Waals surface area (Å²) in [5, 5.41) is 11.6. The van der Waals surface area contributed by atoms with Crippen molar-refractivity contribution in [1.29, 1.82) is 0 Å². The predicted octanol–water partition coefficient (Wildman–Crippen LogP) is 3.25. The molecule has 0 amide bonds. The Balaban J connectivity index is 1.62. The molecule has 4 N–H and O–H groups in total. The number of hydrogen-bond acceptors (Lipinski definition) is 9. The minimum atomic E-state index is -0.497. The SMILES string of the molecule is NC1=NC2(CCCCC2)N(c2ccc(Sc3ncccc3[N+](=O)[O-])cc2)C(N)=N1. The fraction of sp³-hybridized carbons (Fsp3) is 0.316. The summed E-state index contributed by atoms with van der Waals surface area (Å²) in [5.74, 6) is 0.551. The molecule has 9 nitrogen and oxygen atoms in total. The van der Waals surface area contributed by atoms with Gasteiger partial charge in [-0.15, -0.1) is 0 Å². The minimum absolute atomic E-state index is 0.0139. The van der Waals surface area contributed by atoms with Gasteiger partial charge in [-0.05, 0) is 56.0 Å². The second-order valence-electron chi connectivity index (χ2n) is 7.00. The highest BCUT2D eigenvalue weighted by Gasteiger charge is 2.42. The highest BCUT2D eigenvalue weighted by molar-refractivity contribution is 7.99. The highest BCUT2D eigenvalue weighted by atomic mass is 32.2. The zero-order chi connectivity index (χ0) is 20.4. The van der Waals surface area contributed by atoms with Crippen molar-refractivity contribution in [3.8, 4) is 0 Å². The molecule has 10 heteroatoms. The van der Waals surface area contributed by atoms with Crippen molar-refractivity contribution in [2.24, 2.45) is 21.5 Å². The smallest absolute Gasteiger partial charge is 0.301 e. The quantitative estimate of drug-likeness (QED) is 0.582. The summed E-state index contributed by atoms with van der Waals surface area (Å²) < 4.78 is 0. The van der Waals surface area contributed by atoms with Gasteiger partial charge in [0.1, 0.15) is 5.66 Å². The van der Waals surface area contributed by atoms with Gasteiger partial charge in [-0.25, -0.2) is 9.98 Å². The Morgan fingerprint density at radius 1 is 1.10 bits per heavy atom. The molecule has 2 heterocycles. The van der Waals surface area contributed by atoms with Gasteiger partial charge >= 0.3 is 5.69 Å². The van der Waals surface area contributed by atoms with E-state index < -0.39 is 10.6 Å². The third kappa shape index (κ3) is 3.75. The van der Waals surface area contributed by atoms with Gasteiger partial charge in [-0.2, -0.15) is 4.99 Å². The first-order chi connectivity index (χ1) is 14.0. The van der Waals surface area contributed by atoms with Crippen LogP contribution in [0.4, 0.5) is 11.4 Å². The number of benzene rings is 1. The number of guanidine groups is 2. The van der Waals surface area contributed by atoms with E-state index in [1.54, 1.807) is 12.3 Å². The van der Waals surface area contributed by atoms with Gasteiger partial charge in [0.15, 0.2) is 5.03 Å². The number of aliphatic imine (C=N–C) groups is 2. The summed E-state index contributed by atoms with van der Waals surface area (Å²) in [5.41, 5.74) is 12.5. The Morgan fingerprint density at radius 2 is 1.83 bits per heavy atom. The van der Waals surface area contributed by atoms with Crippen molar-refractivity contribution in [1.82, 2.24) is 4.98 Å². The van der Waals surface area contributed by atoms with Crippen molar-refractivity contribution in [3.05, 3.63) is 52.7 Å². The first kappa shape index (κ1) is 19.2. The molecule has 1 fully saturated rings. The summed E-state index contributed by atoms with van der Waals surface area (Å²) >= 11 is 1.25. The molecule has 1 saturated carbocycles. The van der Waals surface area contributed by atoms with E-state index in [9.17, 15) is 10.1 Å². The molecule has 29 heavy (non-hydrogen) atoms. The molecule has 0 saturated heterocycles. The molecule has 1 aliphatic carbocycles. The predicted molar refractivity (Wildman–Crippen MR) is 113 cm³/mol. The first-order valence-corrected chi connectivity index (χ1v) is 10.2. The van der Waals surface area contributed by atoms with Crippen molar-refractivity contribution in [2.45, 2.75) is 47.7 Å². The van der Waals surface area contributed by atoms with E-state index in [1.807, 2.05) is 29.2 Å². The Labute approximate surface area is 172 Å². The van der Waals surface area contributed by atoms with Crippen LogP contribution in [0.25, 0.3) is 0 Å². The molecule has 2 aliphatic rings. The summed E-state index contributed by atoms with van der Waals surface area (Å²) in [6, 6.07) is 10.6. The number of nitrogens with two attached hydrogens (primary N) is 2. The van der Waals surface area contributed by atoms with Crippen LogP contribution in [0.1, 0.15) is 32.1 Å². The second kappa shape index (κ2) is 7.70. The van der Waals surface area contributed by atoms with Gasteiger partial charge in [-0.1, -0.05) is 18.2 Å². The van der Waals surface area contributed by atoms with Gasteiger partial charge in [0.25, 0.3) is 0 Å². The summed E-state index contributed by atoms with van der Waals surface area (Å²) in [7, 11) is 0. The van der Waals surface area contributed by atoms with Crippen LogP contribution in [0, 0.1) is 10.1 Å². The lowest BCUT2D eigenvalue weighted by atomic mass is 9.87. The molecular formula is C19H21N7O2S. The lowest BCUT2D eigenvalue weighted by molar-refractivity contribution is -0.388. The zero-order valence-corrected chi connectivity index (χ0v) is 16.5. The molecule has 0 unspecified atom stereocenters. The molecule has 0 atom stereocenters. The van der Waals surface area contributed by atoms with Crippen LogP contribution < -0.4 is 16.4 Å². The number of anilines is 1. The van der Waals surface area contributed by atoms with Crippen molar-refractivity contribution in [3.63, 3.8) is 0 Å². The Bertz CT molecular complexity index is 984. The molecule has 1 aromatic carbocycles. The number of nitro groups is 1. The average molecular weight is 411 g/mol. The summed E-state index contributed by atoms with van der Waals surface area (Å²) in [6.07, 6.45) is 6.54. The third-order valence-electron chi connectivity index (χ3n) is 5.11. The van der Waals surface area contributed by atoms with Crippen molar-refractivity contribution < 1.29 is 4.92 Å². The molecule has 0 radical (unpaired) electrons. The van der Waals surface area contributed by atoms with Crippen LogP contribution in [-0.2, 0) is 0 Å². The lowest BCUT2D eigenvalue weighted by Crippen LogP contribution is -2.58. The van der Waals surface area contributed by atoms with Crippen LogP contribution in [0.15, 0.2) is 62.5 Å². The van der Waals surface area contributed by atoms with Crippen LogP contribution in [0.2, 0.25) is 0 Å². The van der Waals surface area contributed by atoms with Crippen LogP contribution in [-0.4, -0.2) is 27.5 Å². The van der Waals surface area contributed by atoms with Gasteiger partial charge in [0.05, 0.1) is 4.92 Å². The second-order valence-corrected chi connectivity index (χ2v) is 8.06. The van der Waals surface area contributed by atoms with E-state index in [2.05, 4.69) is 15.0 Å². The van der Waals surface area contributed by atoms with Crippen LogP contribution >= 0.6 is 11.8 Å². The number of nitrogens with zero attached hydrogens (tertiary/aromatic N) is 5. The topological polar surface area (TPSA) is 136 Å². The summed E-state index contributed by atoms with van der Waals surface area (Å²) in [6.45, 7) is 0. The largest absolute Gasteiger partial charge is 0.369 e. The van der Waals surface area contributed by atoms with Crippen LogP contribution in [0.3, 0.4) is 0 Å². The zero-order valence-electron chi connectivity index (χ0n) is 15.7. The number of hydrogen-bond donors (Lipinski definition) is 2. The Kier molecular flexibility index (Phi) is 5.10. The van der Waals surface area contributed by atoms with Crippen molar-refractivity contribution >= 4 is 35.1 Å². The van der Waals surface area contributed by atoms with E-state index in [-0.39, 0.29) is 11.6 Å². The maximum atomic E-state index is 11.2. The molecule has 1 spiro atoms. The van der Waals surface area contributed by atoms with E-state index in [0.717, 1.165) is 36.3 Å². The maximum absolute atomic E-state index is 11.2. The lowest BCUT2D eigenvalue weighted by Gasteiger charge is -2.45. The molecule has 0 bridgehead atoms. The molecule has 1 aliphatic heterocycles. The highest BCUT2D eigenvalue weighted by Crippen LogP contribution is 2.40. The Morgan fingerprint density at radius 3 is 2.52 bits per heavy atom. The van der Waals surface area contributed by atoms with Gasteiger partial charge in [0.2, 0.25) is 11.9 Å². The third-order valence-corrected chi connectivity index (χ3v) is 6.12. The minimum Gasteiger partial charge on any atom is -0.369 e. The van der Waals surface area contributed by atoms with E-state index >= 15 is 0 Å². The average Bonchev–Trinajstić information content (AvgIpc) is 2.69. The monoisotopic (exact) mass is 411 g/mol. The normalized spacial score (nSPS) is 18.3. The van der Waals surface area contributed by atoms with E-state index in [4.69, 9.17) is 11.5 Å². The fourth-order valence-electron chi connectivity index (χ4n) is 3.87. The van der Waals surface area contributed by atoms with Crippen LogP contribution in [0.5, 0.6) is 0 Å². The molecule has 1 aromatic heterocycles. The van der Waals surface area contributed by atoms with Gasteiger partial charge in [-0.3, -0.25) is 15.0 Å². The fourth-order valence-corrected chi connectivity index (χ4v) is 4.73. The molecule has 150 valence electrons. The first-order valence-electron chi connectivity index (χ1n) is 9.36. The molecule has 4 rings (SSSR count).